The van der Waals surface area contributed by atoms with Crippen molar-refractivity contribution in [3.8, 4) is 12.5 Å². The van der Waals surface area contributed by atoms with Crippen molar-refractivity contribution in [2.75, 3.05) is 4.90 Å². The number of nitrogens with zero attached hydrogens (tertiary/aromatic N) is 2. The van der Waals surface area contributed by atoms with E-state index in [-0.39, 0.29) is 5.56 Å². The number of aromatic carboxylic acids is 1. The van der Waals surface area contributed by atoms with Crippen molar-refractivity contribution in [1.29, 1.82) is 0 Å². The van der Waals surface area contributed by atoms with Crippen LogP contribution in [0.4, 0.5) is 11.6 Å². The molecule has 0 bridgehead atoms. The van der Waals surface area contributed by atoms with Gasteiger partial charge in [-0.2, -0.15) is 0 Å². The molecule has 0 spiro atoms. The molecule has 3 aromatic rings. The molecule has 0 aliphatic heterocycles. The Bertz CT molecular complexity index is 911. The molecule has 0 atom stereocenters. The predicted molar refractivity (Wildman–Crippen MR) is 85.5 cm³/mol. The fraction of sp³-hybridized carbons (Fsp3) is 0. The van der Waals surface area contributed by atoms with Gasteiger partial charge >= 0.3 is 5.97 Å². The number of rotatable bonds is 3. The minimum absolute atomic E-state index is 0.150. The lowest BCUT2D eigenvalue weighted by Gasteiger charge is -2.14. The SMILES string of the molecule is C#CN(c1cccc(C(=O)O)c1)c1nc2ccc(Cl)cc2[nH]1. The van der Waals surface area contributed by atoms with E-state index < -0.39 is 5.97 Å². The average molecular weight is 312 g/mol. The lowest BCUT2D eigenvalue weighted by molar-refractivity contribution is 0.0697. The predicted octanol–water partition coefficient (Wildman–Crippen LogP) is 3.64. The fourth-order valence-corrected chi connectivity index (χ4v) is 2.28. The van der Waals surface area contributed by atoms with Crippen LogP contribution in [0, 0.1) is 12.5 Å². The second-order valence-electron chi connectivity index (χ2n) is 4.54. The Morgan fingerprint density at radius 2 is 2.14 bits per heavy atom. The number of imidazole rings is 1. The Hall–Kier alpha value is -2.97. The molecule has 0 saturated heterocycles. The molecule has 0 aliphatic carbocycles. The molecule has 3 rings (SSSR count). The third-order valence-electron chi connectivity index (χ3n) is 3.12. The second-order valence-corrected chi connectivity index (χ2v) is 4.98. The number of anilines is 2. The van der Waals surface area contributed by atoms with Gasteiger partial charge in [-0.3, -0.25) is 0 Å². The number of fused-ring (bicyclic) bond motifs is 1. The van der Waals surface area contributed by atoms with Crippen LogP contribution in [0.25, 0.3) is 11.0 Å². The number of carboxylic acid groups (broad SMARTS) is 1. The highest BCUT2D eigenvalue weighted by Gasteiger charge is 2.14. The number of carboxylic acids is 1. The molecule has 1 heterocycles. The first-order valence-electron chi connectivity index (χ1n) is 6.33. The first-order chi connectivity index (χ1) is 10.6. The van der Waals surface area contributed by atoms with E-state index in [0.29, 0.717) is 22.2 Å². The number of H-pyrrole nitrogens is 1. The van der Waals surface area contributed by atoms with Gasteiger partial charge in [0.2, 0.25) is 5.95 Å². The topological polar surface area (TPSA) is 69.2 Å². The van der Waals surface area contributed by atoms with Crippen LogP contribution in [0.2, 0.25) is 5.02 Å². The van der Waals surface area contributed by atoms with Crippen LogP contribution in [0.15, 0.2) is 42.5 Å². The van der Waals surface area contributed by atoms with Crippen LogP contribution >= 0.6 is 11.6 Å². The molecule has 1 aromatic heterocycles. The summed E-state index contributed by atoms with van der Waals surface area (Å²) in [7, 11) is 0. The highest BCUT2D eigenvalue weighted by molar-refractivity contribution is 6.31. The lowest BCUT2D eigenvalue weighted by atomic mass is 10.2. The molecule has 0 aliphatic rings. The van der Waals surface area contributed by atoms with Crippen LogP contribution < -0.4 is 4.90 Å². The lowest BCUT2D eigenvalue weighted by Crippen LogP contribution is -2.11. The van der Waals surface area contributed by atoms with Gasteiger partial charge in [0.25, 0.3) is 0 Å². The Morgan fingerprint density at radius 3 is 2.86 bits per heavy atom. The van der Waals surface area contributed by atoms with E-state index in [1.54, 1.807) is 30.3 Å². The van der Waals surface area contributed by atoms with Crippen molar-refractivity contribution in [3.63, 3.8) is 0 Å². The zero-order chi connectivity index (χ0) is 15.7. The number of aromatic nitrogens is 2. The van der Waals surface area contributed by atoms with Gasteiger partial charge in [0.15, 0.2) is 0 Å². The number of halogens is 1. The minimum Gasteiger partial charge on any atom is -0.478 e. The van der Waals surface area contributed by atoms with Crippen molar-refractivity contribution in [3.05, 3.63) is 53.1 Å². The third-order valence-corrected chi connectivity index (χ3v) is 3.36. The molecule has 2 aromatic carbocycles. The van der Waals surface area contributed by atoms with Gasteiger partial charge in [0.05, 0.1) is 22.3 Å². The van der Waals surface area contributed by atoms with Crippen LogP contribution in [-0.4, -0.2) is 21.0 Å². The van der Waals surface area contributed by atoms with E-state index in [0.717, 1.165) is 5.52 Å². The van der Waals surface area contributed by atoms with E-state index >= 15 is 0 Å². The molecule has 5 nitrogen and oxygen atoms in total. The van der Waals surface area contributed by atoms with E-state index in [1.807, 2.05) is 0 Å². The van der Waals surface area contributed by atoms with Crippen molar-refractivity contribution in [1.82, 2.24) is 9.97 Å². The Balaban J connectivity index is 2.08. The van der Waals surface area contributed by atoms with Crippen LogP contribution in [0.3, 0.4) is 0 Å². The zero-order valence-corrected chi connectivity index (χ0v) is 12.0. The Morgan fingerprint density at radius 1 is 1.32 bits per heavy atom. The molecule has 0 radical (unpaired) electrons. The number of hydrogen-bond acceptors (Lipinski definition) is 3. The van der Waals surface area contributed by atoms with Crippen molar-refractivity contribution < 1.29 is 9.90 Å². The maximum absolute atomic E-state index is 11.1. The van der Waals surface area contributed by atoms with Gasteiger partial charge in [-0.15, -0.1) is 0 Å². The summed E-state index contributed by atoms with van der Waals surface area (Å²) >= 11 is 5.95. The largest absolute Gasteiger partial charge is 0.478 e. The molecular formula is C16H10ClN3O2. The van der Waals surface area contributed by atoms with Crippen LogP contribution in [-0.2, 0) is 0 Å². The first-order valence-corrected chi connectivity index (χ1v) is 6.71. The third kappa shape index (κ3) is 2.48. The van der Waals surface area contributed by atoms with Gasteiger partial charge in [0.1, 0.15) is 0 Å². The molecule has 2 N–H and O–H groups in total. The summed E-state index contributed by atoms with van der Waals surface area (Å²) in [5, 5.41) is 9.66. The molecule has 0 fully saturated rings. The summed E-state index contributed by atoms with van der Waals surface area (Å²) in [6.07, 6.45) is 5.56. The van der Waals surface area contributed by atoms with E-state index in [9.17, 15) is 4.79 Å². The smallest absolute Gasteiger partial charge is 0.335 e. The van der Waals surface area contributed by atoms with Crippen molar-refractivity contribution >= 4 is 40.2 Å². The number of terminal acetylenes is 1. The molecule has 0 unspecified atom stereocenters. The average Bonchev–Trinajstić information content (AvgIpc) is 2.91. The fourth-order valence-electron chi connectivity index (χ4n) is 2.11. The van der Waals surface area contributed by atoms with Gasteiger partial charge in [0, 0.05) is 11.1 Å². The monoisotopic (exact) mass is 311 g/mol. The number of aromatic amines is 1. The minimum atomic E-state index is -1.02. The van der Waals surface area contributed by atoms with E-state index in [4.69, 9.17) is 23.1 Å². The molecule has 6 heteroatoms. The summed E-state index contributed by atoms with van der Waals surface area (Å²) in [6.45, 7) is 0. The standard InChI is InChI=1S/C16H10ClN3O2/c1-2-20(12-5-3-4-10(8-12)15(21)22)16-18-13-7-6-11(17)9-14(13)19-16/h1,3-9H,(H,18,19)(H,21,22). The number of nitrogens with one attached hydrogen (secondary N) is 1. The highest BCUT2D eigenvalue weighted by atomic mass is 35.5. The number of carbonyl (C=O) groups is 1. The Labute approximate surface area is 131 Å². The van der Waals surface area contributed by atoms with Crippen molar-refractivity contribution in [2.24, 2.45) is 0 Å². The number of benzene rings is 2. The van der Waals surface area contributed by atoms with Gasteiger partial charge in [-0.05, 0) is 36.4 Å². The summed E-state index contributed by atoms with van der Waals surface area (Å²) in [5.41, 5.74) is 2.15. The van der Waals surface area contributed by atoms with Crippen molar-refractivity contribution in [2.45, 2.75) is 0 Å². The van der Waals surface area contributed by atoms with E-state index in [1.165, 1.54) is 17.0 Å². The molecule has 22 heavy (non-hydrogen) atoms. The maximum atomic E-state index is 11.1. The molecular weight excluding hydrogens is 302 g/mol. The normalized spacial score (nSPS) is 10.4. The summed E-state index contributed by atoms with van der Waals surface area (Å²) in [4.78, 5) is 20.0. The Kier molecular flexibility index (Phi) is 3.45. The number of hydrogen-bond donors (Lipinski definition) is 2. The quantitative estimate of drug-likeness (QED) is 0.572. The van der Waals surface area contributed by atoms with E-state index in [2.05, 4.69) is 16.0 Å². The maximum Gasteiger partial charge on any atom is 0.335 e. The van der Waals surface area contributed by atoms with Gasteiger partial charge < -0.3 is 10.1 Å². The summed E-state index contributed by atoms with van der Waals surface area (Å²) < 4.78 is 0. The second kappa shape index (κ2) is 5.43. The van der Waals surface area contributed by atoms with Gasteiger partial charge in [-0.25, -0.2) is 14.7 Å². The molecule has 108 valence electrons. The highest BCUT2D eigenvalue weighted by Crippen LogP contribution is 2.26. The molecule has 0 saturated carbocycles. The summed E-state index contributed by atoms with van der Waals surface area (Å²) in [6, 6.07) is 14.1. The zero-order valence-electron chi connectivity index (χ0n) is 11.2. The van der Waals surface area contributed by atoms with Crippen LogP contribution in [0.1, 0.15) is 10.4 Å². The first kappa shape index (κ1) is 14.0. The van der Waals surface area contributed by atoms with Gasteiger partial charge in [-0.1, -0.05) is 24.1 Å². The van der Waals surface area contributed by atoms with Crippen LogP contribution in [0.5, 0.6) is 0 Å². The molecule has 0 amide bonds. The summed E-state index contributed by atoms with van der Waals surface area (Å²) in [5.74, 6) is -0.600.